The molecule has 0 saturated carbocycles. The molecule has 0 amide bonds. The Balaban J connectivity index is 1.72. The minimum atomic E-state index is -0.408. The van der Waals surface area contributed by atoms with Gasteiger partial charge in [-0.05, 0) is 38.1 Å². The fraction of sp³-hybridized carbons (Fsp3) is 0.111. The second-order valence-electron chi connectivity index (χ2n) is 5.67. The molecule has 0 radical (unpaired) electrons. The van der Waals surface area contributed by atoms with Gasteiger partial charge < -0.3 is 4.52 Å². The number of aromatic nitrogens is 5. The van der Waals surface area contributed by atoms with E-state index in [-0.39, 0.29) is 17.3 Å². The molecule has 2 aromatic heterocycles. The lowest BCUT2D eigenvalue weighted by Crippen LogP contribution is -1.99. The molecule has 2 aromatic carbocycles. The van der Waals surface area contributed by atoms with E-state index in [1.807, 2.05) is 38.1 Å². The van der Waals surface area contributed by atoms with Gasteiger partial charge >= 0.3 is 0 Å². The molecule has 0 unspecified atom stereocenters. The van der Waals surface area contributed by atoms with Crippen LogP contribution in [0.4, 0.5) is 4.39 Å². The van der Waals surface area contributed by atoms with Crippen molar-refractivity contribution < 1.29 is 8.91 Å². The summed E-state index contributed by atoms with van der Waals surface area (Å²) in [6, 6.07) is 14.2. The van der Waals surface area contributed by atoms with Gasteiger partial charge in [-0.1, -0.05) is 40.2 Å². The van der Waals surface area contributed by atoms with Gasteiger partial charge in [0.2, 0.25) is 5.82 Å². The zero-order valence-electron chi connectivity index (χ0n) is 13.6. The Labute approximate surface area is 142 Å². The first-order valence-corrected chi connectivity index (χ1v) is 7.72. The van der Waals surface area contributed by atoms with Gasteiger partial charge in [0.1, 0.15) is 5.82 Å². The standard InChI is InChI=1S/C18H14FN5O/c1-11-7-9-13(10-8-11)24-12(2)16(21-23-24)18-20-17(22-25-18)14-5-3-4-6-15(14)19/h3-10H,1-2H3. The number of hydrogen-bond acceptors (Lipinski definition) is 5. The summed E-state index contributed by atoms with van der Waals surface area (Å²) in [4.78, 5) is 4.26. The van der Waals surface area contributed by atoms with E-state index in [2.05, 4.69) is 20.5 Å². The highest BCUT2D eigenvalue weighted by molar-refractivity contribution is 5.59. The molecule has 0 spiro atoms. The average Bonchev–Trinajstić information content (AvgIpc) is 3.23. The predicted octanol–water partition coefficient (Wildman–Crippen LogP) is 3.74. The molecule has 0 N–H and O–H groups in total. The van der Waals surface area contributed by atoms with E-state index in [1.54, 1.807) is 22.9 Å². The van der Waals surface area contributed by atoms with Crippen molar-refractivity contribution in [3.8, 4) is 28.7 Å². The largest absolute Gasteiger partial charge is 0.332 e. The SMILES string of the molecule is Cc1ccc(-n2nnc(-c3nc(-c4ccccc4F)no3)c2C)cc1. The fourth-order valence-corrected chi connectivity index (χ4v) is 2.53. The maximum atomic E-state index is 13.9. The summed E-state index contributed by atoms with van der Waals surface area (Å²) in [6.07, 6.45) is 0. The van der Waals surface area contributed by atoms with E-state index in [1.165, 1.54) is 6.07 Å². The molecular weight excluding hydrogens is 321 g/mol. The molecule has 2 heterocycles. The lowest BCUT2D eigenvalue weighted by Gasteiger charge is -2.03. The molecular formula is C18H14FN5O. The van der Waals surface area contributed by atoms with Crippen molar-refractivity contribution in [3.63, 3.8) is 0 Å². The molecule has 4 rings (SSSR count). The van der Waals surface area contributed by atoms with Gasteiger partial charge in [-0.3, -0.25) is 0 Å². The van der Waals surface area contributed by atoms with Crippen LogP contribution in [0.3, 0.4) is 0 Å². The van der Waals surface area contributed by atoms with Gasteiger partial charge in [0.25, 0.3) is 5.89 Å². The second-order valence-corrected chi connectivity index (χ2v) is 5.67. The Kier molecular flexibility index (Phi) is 3.61. The van der Waals surface area contributed by atoms with Gasteiger partial charge in [0.05, 0.1) is 16.9 Å². The normalized spacial score (nSPS) is 11.0. The maximum absolute atomic E-state index is 13.9. The first-order valence-electron chi connectivity index (χ1n) is 7.72. The van der Waals surface area contributed by atoms with Crippen LogP contribution in [-0.2, 0) is 0 Å². The summed E-state index contributed by atoms with van der Waals surface area (Å²) in [7, 11) is 0. The van der Waals surface area contributed by atoms with E-state index < -0.39 is 5.82 Å². The number of hydrogen-bond donors (Lipinski definition) is 0. The summed E-state index contributed by atoms with van der Waals surface area (Å²) in [6.45, 7) is 3.88. The van der Waals surface area contributed by atoms with Crippen LogP contribution in [-0.4, -0.2) is 25.1 Å². The number of nitrogens with zero attached hydrogens (tertiary/aromatic N) is 5. The highest BCUT2D eigenvalue weighted by Crippen LogP contribution is 2.25. The third-order valence-electron chi connectivity index (χ3n) is 3.92. The zero-order valence-corrected chi connectivity index (χ0v) is 13.6. The first-order chi connectivity index (χ1) is 12.1. The van der Waals surface area contributed by atoms with Crippen molar-refractivity contribution in [2.45, 2.75) is 13.8 Å². The Morgan fingerprint density at radius 3 is 2.52 bits per heavy atom. The van der Waals surface area contributed by atoms with Crippen LogP contribution in [0.25, 0.3) is 28.7 Å². The van der Waals surface area contributed by atoms with Crippen LogP contribution in [0.5, 0.6) is 0 Å². The lowest BCUT2D eigenvalue weighted by atomic mass is 10.2. The van der Waals surface area contributed by atoms with Crippen molar-refractivity contribution in [1.82, 2.24) is 25.1 Å². The molecule has 0 aliphatic heterocycles. The Bertz CT molecular complexity index is 1040. The fourth-order valence-electron chi connectivity index (χ4n) is 2.53. The van der Waals surface area contributed by atoms with Crippen molar-refractivity contribution in [1.29, 1.82) is 0 Å². The Morgan fingerprint density at radius 2 is 1.76 bits per heavy atom. The molecule has 0 bridgehead atoms. The molecule has 0 saturated heterocycles. The third-order valence-corrected chi connectivity index (χ3v) is 3.92. The second kappa shape index (κ2) is 5.94. The summed E-state index contributed by atoms with van der Waals surface area (Å²) in [5.74, 6) is -0.0265. The van der Waals surface area contributed by atoms with Crippen LogP contribution in [0, 0.1) is 19.7 Å². The van der Waals surface area contributed by atoms with Crippen molar-refractivity contribution in [3.05, 3.63) is 65.6 Å². The van der Waals surface area contributed by atoms with Gasteiger partial charge in [-0.25, -0.2) is 9.07 Å². The topological polar surface area (TPSA) is 69.6 Å². The summed E-state index contributed by atoms with van der Waals surface area (Å²) in [5.41, 5.74) is 3.55. The lowest BCUT2D eigenvalue weighted by molar-refractivity contribution is 0.430. The minimum absolute atomic E-state index is 0.178. The molecule has 7 heteroatoms. The van der Waals surface area contributed by atoms with E-state index >= 15 is 0 Å². The van der Waals surface area contributed by atoms with Gasteiger partial charge in [0.15, 0.2) is 5.69 Å². The first kappa shape index (κ1) is 15.2. The maximum Gasteiger partial charge on any atom is 0.280 e. The van der Waals surface area contributed by atoms with Crippen LogP contribution in [0.15, 0.2) is 53.1 Å². The van der Waals surface area contributed by atoms with E-state index in [4.69, 9.17) is 4.52 Å². The van der Waals surface area contributed by atoms with Crippen molar-refractivity contribution in [2.24, 2.45) is 0 Å². The van der Waals surface area contributed by atoms with Gasteiger partial charge in [-0.15, -0.1) is 5.10 Å². The van der Waals surface area contributed by atoms with Gasteiger partial charge in [0, 0.05) is 0 Å². The number of benzene rings is 2. The summed E-state index contributed by atoms with van der Waals surface area (Å²) in [5, 5.41) is 12.1. The summed E-state index contributed by atoms with van der Waals surface area (Å²) >= 11 is 0. The molecule has 0 fully saturated rings. The Morgan fingerprint density at radius 1 is 1.00 bits per heavy atom. The van der Waals surface area contributed by atoms with E-state index in [0.717, 1.165) is 16.9 Å². The van der Waals surface area contributed by atoms with Crippen LogP contribution in [0.1, 0.15) is 11.3 Å². The quantitative estimate of drug-likeness (QED) is 0.570. The molecule has 0 aliphatic rings. The van der Waals surface area contributed by atoms with Gasteiger partial charge in [-0.2, -0.15) is 4.98 Å². The zero-order chi connectivity index (χ0) is 17.4. The minimum Gasteiger partial charge on any atom is -0.332 e. The number of rotatable bonds is 3. The average molecular weight is 335 g/mol. The van der Waals surface area contributed by atoms with Crippen LogP contribution >= 0.6 is 0 Å². The van der Waals surface area contributed by atoms with E-state index in [9.17, 15) is 4.39 Å². The van der Waals surface area contributed by atoms with Crippen molar-refractivity contribution in [2.75, 3.05) is 0 Å². The predicted molar refractivity (Wildman–Crippen MR) is 89.5 cm³/mol. The van der Waals surface area contributed by atoms with Crippen LogP contribution in [0.2, 0.25) is 0 Å². The highest BCUT2D eigenvalue weighted by atomic mass is 19.1. The molecule has 4 aromatic rings. The molecule has 0 aliphatic carbocycles. The number of halogens is 1. The number of aryl methyl sites for hydroxylation is 1. The molecule has 25 heavy (non-hydrogen) atoms. The smallest absolute Gasteiger partial charge is 0.280 e. The summed E-state index contributed by atoms with van der Waals surface area (Å²) < 4.78 is 20.8. The van der Waals surface area contributed by atoms with Crippen LogP contribution < -0.4 is 0 Å². The molecule has 124 valence electrons. The molecule has 6 nitrogen and oxygen atoms in total. The Hall–Kier alpha value is -3.35. The van der Waals surface area contributed by atoms with Crippen molar-refractivity contribution >= 4 is 0 Å². The highest BCUT2D eigenvalue weighted by Gasteiger charge is 2.19. The monoisotopic (exact) mass is 335 g/mol. The third kappa shape index (κ3) is 2.69. The van der Waals surface area contributed by atoms with E-state index in [0.29, 0.717) is 5.69 Å². The molecule has 0 atom stereocenters.